The lowest BCUT2D eigenvalue weighted by atomic mass is 9.99. The normalized spacial score (nSPS) is 18.8. The van der Waals surface area contributed by atoms with Crippen LogP contribution in [-0.2, 0) is 9.53 Å². The van der Waals surface area contributed by atoms with E-state index >= 15 is 0 Å². The summed E-state index contributed by atoms with van der Waals surface area (Å²) in [5.74, 6) is -0.438. The number of esters is 1. The number of ether oxygens (including phenoxy) is 1. The molecular weight excluding hydrogens is 196 g/mol. The van der Waals surface area contributed by atoms with Crippen LogP contribution in [-0.4, -0.2) is 13.1 Å². The topological polar surface area (TPSA) is 26.3 Å². The molecule has 0 N–H and O–H groups in total. The molecule has 1 aromatic rings. The fraction of sp³-hybridized carbons (Fsp3) is 0.182. The van der Waals surface area contributed by atoms with E-state index in [1.807, 2.05) is 35.7 Å². The first-order chi connectivity index (χ1) is 6.83. The predicted molar refractivity (Wildman–Crippen MR) is 56.2 cm³/mol. The van der Waals surface area contributed by atoms with E-state index in [2.05, 4.69) is 0 Å². The number of methoxy groups -OCH3 is 1. The van der Waals surface area contributed by atoms with Gasteiger partial charge in [0.25, 0.3) is 0 Å². The zero-order valence-electron chi connectivity index (χ0n) is 7.77. The monoisotopic (exact) mass is 206 g/mol. The van der Waals surface area contributed by atoms with Crippen molar-refractivity contribution in [3.05, 3.63) is 41.3 Å². The van der Waals surface area contributed by atoms with Crippen LogP contribution in [0.15, 0.2) is 40.6 Å². The average Bonchev–Trinajstić information content (AvgIpc) is 2.27. The molecule has 0 radical (unpaired) electrons. The van der Waals surface area contributed by atoms with Gasteiger partial charge >= 0.3 is 5.97 Å². The molecule has 1 aromatic carbocycles. The van der Waals surface area contributed by atoms with E-state index in [-0.39, 0.29) is 11.9 Å². The van der Waals surface area contributed by atoms with Gasteiger partial charge in [0.2, 0.25) is 0 Å². The highest BCUT2D eigenvalue weighted by Crippen LogP contribution is 2.35. The Morgan fingerprint density at radius 3 is 3.00 bits per heavy atom. The summed E-state index contributed by atoms with van der Waals surface area (Å²) >= 11 is 1.63. The minimum absolute atomic E-state index is 0.200. The Balaban J connectivity index is 2.40. The molecule has 1 atom stereocenters. The van der Waals surface area contributed by atoms with E-state index in [1.54, 1.807) is 11.8 Å². The number of carbonyl (C=O) groups excluding carboxylic acids is 1. The Morgan fingerprint density at radius 2 is 2.21 bits per heavy atom. The van der Waals surface area contributed by atoms with Gasteiger partial charge in [-0.2, -0.15) is 0 Å². The third kappa shape index (κ3) is 1.55. The third-order valence-electron chi connectivity index (χ3n) is 2.18. The van der Waals surface area contributed by atoms with E-state index in [0.29, 0.717) is 0 Å². The van der Waals surface area contributed by atoms with Crippen molar-refractivity contribution < 1.29 is 9.53 Å². The number of hydrogen-bond donors (Lipinski definition) is 0. The molecule has 3 heteroatoms. The van der Waals surface area contributed by atoms with Gasteiger partial charge in [0, 0.05) is 4.90 Å². The summed E-state index contributed by atoms with van der Waals surface area (Å²) in [5.41, 5.74) is 1.03. The van der Waals surface area contributed by atoms with Crippen molar-refractivity contribution >= 4 is 17.7 Å². The summed E-state index contributed by atoms with van der Waals surface area (Å²) in [6.45, 7) is 0. The summed E-state index contributed by atoms with van der Waals surface area (Å²) in [7, 11) is 1.42. The number of rotatable bonds is 1. The Labute approximate surface area is 87.0 Å². The molecule has 0 aromatic heterocycles. The lowest BCUT2D eigenvalue weighted by Gasteiger charge is -2.17. The summed E-state index contributed by atoms with van der Waals surface area (Å²) in [5, 5.41) is 1.93. The maximum atomic E-state index is 11.4. The molecule has 0 saturated heterocycles. The van der Waals surface area contributed by atoms with Crippen molar-refractivity contribution in [1.82, 2.24) is 0 Å². The third-order valence-corrected chi connectivity index (χ3v) is 3.09. The second kappa shape index (κ2) is 3.88. The van der Waals surface area contributed by atoms with Crippen molar-refractivity contribution in [3.8, 4) is 0 Å². The minimum Gasteiger partial charge on any atom is -0.468 e. The number of fused-ring (bicyclic) bond motifs is 1. The van der Waals surface area contributed by atoms with Gasteiger partial charge in [0.05, 0.1) is 7.11 Å². The molecule has 0 saturated carbocycles. The molecule has 1 aliphatic rings. The number of benzene rings is 1. The van der Waals surface area contributed by atoms with Crippen LogP contribution in [0.2, 0.25) is 0 Å². The first-order valence-corrected chi connectivity index (χ1v) is 5.21. The molecule has 0 bridgehead atoms. The quantitative estimate of drug-likeness (QED) is 0.660. The highest BCUT2D eigenvalue weighted by Gasteiger charge is 2.23. The summed E-state index contributed by atoms with van der Waals surface area (Å²) < 4.78 is 4.75. The average molecular weight is 206 g/mol. The van der Waals surface area contributed by atoms with Crippen LogP contribution in [0.5, 0.6) is 0 Å². The van der Waals surface area contributed by atoms with E-state index in [0.717, 1.165) is 10.5 Å². The Bertz CT molecular complexity index is 385. The van der Waals surface area contributed by atoms with Crippen LogP contribution in [0.1, 0.15) is 11.5 Å². The number of thioether (sulfide) groups is 1. The predicted octanol–water partition coefficient (Wildman–Crippen LogP) is 2.56. The largest absolute Gasteiger partial charge is 0.468 e. The van der Waals surface area contributed by atoms with Gasteiger partial charge < -0.3 is 4.74 Å². The SMILES string of the molecule is COC(=O)C1C=CSc2ccccc21. The first kappa shape index (κ1) is 9.34. The van der Waals surface area contributed by atoms with E-state index in [9.17, 15) is 4.79 Å². The Hall–Kier alpha value is -1.22. The maximum Gasteiger partial charge on any atom is 0.317 e. The van der Waals surface area contributed by atoms with Gasteiger partial charge in [0.1, 0.15) is 5.92 Å². The standard InChI is InChI=1S/C11H10O2S/c1-13-11(12)9-6-7-14-10-5-3-2-4-8(9)10/h2-7,9H,1H3. The van der Waals surface area contributed by atoms with E-state index in [4.69, 9.17) is 4.74 Å². The molecule has 14 heavy (non-hydrogen) atoms. The molecule has 0 aliphatic carbocycles. The van der Waals surface area contributed by atoms with Crippen LogP contribution in [0.3, 0.4) is 0 Å². The fourth-order valence-corrected chi connectivity index (χ4v) is 2.34. The van der Waals surface area contributed by atoms with Crippen molar-refractivity contribution in [2.75, 3.05) is 7.11 Å². The zero-order valence-corrected chi connectivity index (χ0v) is 8.58. The second-order valence-electron chi connectivity index (χ2n) is 2.99. The first-order valence-electron chi connectivity index (χ1n) is 4.33. The second-order valence-corrected chi connectivity index (χ2v) is 3.93. The molecule has 0 amide bonds. The van der Waals surface area contributed by atoms with Gasteiger partial charge in [-0.15, -0.1) is 0 Å². The van der Waals surface area contributed by atoms with Crippen molar-refractivity contribution in [3.63, 3.8) is 0 Å². The van der Waals surface area contributed by atoms with Crippen molar-refractivity contribution in [2.24, 2.45) is 0 Å². The fourth-order valence-electron chi connectivity index (χ4n) is 1.47. The summed E-state index contributed by atoms with van der Waals surface area (Å²) in [4.78, 5) is 12.6. The number of hydrogen-bond acceptors (Lipinski definition) is 3. The minimum atomic E-state index is -0.238. The van der Waals surface area contributed by atoms with Gasteiger partial charge in [-0.25, -0.2) is 0 Å². The highest BCUT2D eigenvalue weighted by atomic mass is 32.2. The molecule has 1 unspecified atom stereocenters. The Kier molecular flexibility index (Phi) is 2.59. The van der Waals surface area contributed by atoms with E-state index < -0.39 is 0 Å². The van der Waals surface area contributed by atoms with Crippen molar-refractivity contribution in [1.29, 1.82) is 0 Å². The van der Waals surface area contributed by atoms with Crippen LogP contribution >= 0.6 is 11.8 Å². The zero-order chi connectivity index (χ0) is 9.97. The van der Waals surface area contributed by atoms with Gasteiger partial charge in [-0.3, -0.25) is 4.79 Å². The molecule has 72 valence electrons. The summed E-state index contributed by atoms with van der Waals surface area (Å²) in [6.07, 6.45) is 1.87. The van der Waals surface area contributed by atoms with Crippen LogP contribution in [0.25, 0.3) is 0 Å². The number of carbonyl (C=O) groups is 1. The lowest BCUT2D eigenvalue weighted by molar-refractivity contribution is -0.141. The Morgan fingerprint density at radius 1 is 1.43 bits per heavy atom. The van der Waals surface area contributed by atoms with Gasteiger partial charge in [-0.05, 0) is 17.0 Å². The highest BCUT2D eigenvalue weighted by molar-refractivity contribution is 8.02. The van der Waals surface area contributed by atoms with Crippen molar-refractivity contribution in [2.45, 2.75) is 10.8 Å². The van der Waals surface area contributed by atoms with Gasteiger partial charge in [-0.1, -0.05) is 36.0 Å². The molecule has 0 spiro atoms. The molecule has 1 heterocycles. The summed E-state index contributed by atoms with van der Waals surface area (Å²) in [6, 6.07) is 7.89. The molecule has 2 nitrogen and oxygen atoms in total. The molecule has 0 fully saturated rings. The molecule has 1 aliphatic heterocycles. The van der Waals surface area contributed by atoms with Crippen LogP contribution < -0.4 is 0 Å². The maximum absolute atomic E-state index is 11.4. The van der Waals surface area contributed by atoms with Gasteiger partial charge in [0.15, 0.2) is 0 Å². The molecular formula is C11H10O2S. The van der Waals surface area contributed by atoms with Crippen LogP contribution in [0.4, 0.5) is 0 Å². The smallest absolute Gasteiger partial charge is 0.317 e. The molecule has 2 rings (SSSR count). The van der Waals surface area contributed by atoms with E-state index in [1.165, 1.54) is 7.11 Å². The van der Waals surface area contributed by atoms with Crippen LogP contribution in [0, 0.1) is 0 Å². The lowest BCUT2D eigenvalue weighted by Crippen LogP contribution is -2.14.